The summed E-state index contributed by atoms with van der Waals surface area (Å²) in [7, 11) is 0. The molecule has 3 atom stereocenters. The number of alkyl halides is 2. The number of nitrogens with zero attached hydrogens (tertiary/aromatic N) is 1. The smallest absolute Gasteiger partial charge is 0.268 e. The normalized spacial score (nSPS) is 33.5. The number of hydrogen-bond acceptors (Lipinski definition) is 3. The molecule has 2 aliphatic rings. The highest BCUT2D eigenvalue weighted by Gasteiger charge is 2.49. The highest BCUT2D eigenvalue weighted by atomic mass is 32.1. The van der Waals surface area contributed by atoms with Gasteiger partial charge in [-0.05, 0) is 41.7 Å². The van der Waals surface area contributed by atoms with E-state index in [-0.39, 0.29) is 30.9 Å². The molecule has 2 fully saturated rings. The summed E-state index contributed by atoms with van der Waals surface area (Å²) in [5, 5.41) is 4.05. The number of morpholine rings is 1. The Morgan fingerprint density at radius 3 is 3.05 bits per heavy atom. The first-order chi connectivity index (χ1) is 9.51. The minimum atomic E-state index is -2.58. The van der Waals surface area contributed by atoms with Crippen molar-refractivity contribution >= 4 is 17.2 Å². The van der Waals surface area contributed by atoms with E-state index in [0.29, 0.717) is 6.54 Å². The summed E-state index contributed by atoms with van der Waals surface area (Å²) < 4.78 is 31.2. The van der Waals surface area contributed by atoms with Crippen LogP contribution in [0.5, 0.6) is 0 Å². The Balaban J connectivity index is 1.64. The van der Waals surface area contributed by atoms with Crippen molar-refractivity contribution in [1.29, 1.82) is 0 Å². The molecule has 1 unspecified atom stereocenters. The van der Waals surface area contributed by atoms with Gasteiger partial charge in [0.15, 0.2) is 0 Å². The van der Waals surface area contributed by atoms with Gasteiger partial charge >= 0.3 is 0 Å². The van der Waals surface area contributed by atoms with Crippen LogP contribution in [0.4, 0.5) is 8.78 Å². The molecule has 1 aromatic rings. The van der Waals surface area contributed by atoms with Crippen molar-refractivity contribution in [1.82, 2.24) is 4.90 Å². The zero-order valence-electron chi connectivity index (χ0n) is 11.2. The van der Waals surface area contributed by atoms with Crippen LogP contribution in [0.2, 0.25) is 0 Å². The fourth-order valence-corrected chi connectivity index (χ4v) is 3.49. The standard InChI is InChI=1S/C14H17F2NO2S/c1-14(13(15)16)8-17(3-4-19-14)12(18)11-6-10(11)9-2-5-20-7-9/h2,5,7,10-11,13H,3-4,6,8H2,1H3/t10-,11+,14?/m0/s1. The Kier molecular flexibility index (Phi) is 3.54. The number of ether oxygens (including phenoxy) is 1. The second-order valence-electron chi connectivity index (χ2n) is 5.73. The van der Waals surface area contributed by atoms with Gasteiger partial charge in [0.25, 0.3) is 6.43 Å². The molecule has 0 N–H and O–H groups in total. The van der Waals surface area contributed by atoms with Crippen LogP contribution in [0, 0.1) is 5.92 Å². The largest absolute Gasteiger partial charge is 0.366 e. The predicted octanol–water partition coefficient (Wildman–Crippen LogP) is 2.73. The van der Waals surface area contributed by atoms with E-state index in [4.69, 9.17) is 4.74 Å². The van der Waals surface area contributed by atoms with Gasteiger partial charge in [0.2, 0.25) is 5.91 Å². The van der Waals surface area contributed by atoms with Crippen molar-refractivity contribution in [3.8, 4) is 0 Å². The fourth-order valence-electron chi connectivity index (χ4n) is 2.77. The maximum atomic E-state index is 13.0. The molecule has 0 aromatic carbocycles. The van der Waals surface area contributed by atoms with Crippen LogP contribution in [0.3, 0.4) is 0 Å². The second-order valence-corrected chi connectivity index (χ2v) is 6.51. The molecule has 1 amide bonds. The number of carbonyl (C=O) groups is 1. The molecular weight excluding hydrogens is 284 g/mol. The highest BCUT2D eigenvalue weighted by molar-refractivity contribution is 7.08. The summed E-state index contributed by atoms with van der Waals surface area (Å²) in [6.45, 7) is 1.95. The molecule has 3 nitrogen and oxygen atoms in total. The number of halogens is 2. The third-order valence-electron chi connectivity index (χ3n) is 4.15. The van der Waals surface area contributed by atoms with Gasteiger partial charge in [0.05, 0.1) is 13.2 Å². The van der Waals surface area contributed by atoms with Crippen molar-refractivity contribution in [2.24, 2.45) is 5.92 Å². The maximum Gasteiger partial charge on any atom is 0.268 e. The zero-order valence-corrected chi connectivity index (χ0v) is 12.0. The zero-order chi connectivity index (χ0) is 14.3. The Bertz CT molecular complexity index is 493. The van der Waals surface area contributed by atoms with Crippen LogP contribution in [0.1, 0.15) is 24.8 Å². The SMILES string of the molecule is CC1(C(F)F)CN(C(=O)[C@@H]2C[C@H]2c2ccsc2)CCO1. The van der Waals surface area contributed by atoms with Gasteiger partial charge in [-0.25, -0.2) is 8.78 Å². The monoisotopic (exact) mass is 301 g/mol. The predicted molar refractivity (Wildman–Crippen MR) is 72.1 cm³/mol. The second kappa shape index (κ2) is 5.07. The Morgan fingerprint density at radius 2 is 2.40 bits per heavy atom. The van der Waals surface area contributed by atoms with E-state index in [2.05, 4.69) is 5.38 Å². The maximum absolute atomic E-state index is 13.0. The van der Waals surface area contributed by atoms with Gasteiger partial charge in [-0.15, -0.1) is 0 Å². The summed E-state index contributed by atoms with van der Waals surface area (Å²) in [5.41, 5.74) is -0.334. The van der Waals surface area contributed by atoms with E-state index < -0.39 is 12.0 Å². The Morgan fingerprint density at radius 1 is 1.60 bits per heavy atom. The topological polar surface area (TPSA) is 29.5 Å². The molecule has 2 heterocycles. The van der Waals surface area contributed by atoms with Crippen molar-refractivity contribution in [2.75, 3.05) is 19.7 Å². The molecule has 20 heavy (non-hydrogen) atoms. The van der Waals surface area contributed by atoms with E-state index in [9.17, 15) is 13.6 Å². The number of hydrogen-bond donors (Lipinski definition) is 0. The van der Waals surface area contributed by atoms with E-state index in [1.807, 2.05) is 11.4 Å². The van der Waals surface area contributed by atoms with E-state index in [1.54, 1.807) is 16.2 Å². The van der Waals surface area contributed by atoms with Gasteiger partial charge < -0.3 is 9.64 Å². The molecule has 1 aliphatic heterocycles. The fraction of sp³-hybridized carbons (Fsp3) is 0.643. The van der Waals surface area contributed by atoms with Gasteiger partial charge in [-0.2, -0.15) is 11.3 Å². The van der Waals surface area contributed by atoms with Gasteiger partial charge in [-0.1, -0.05) is 0 Å². The quantitative estimate of drug-likeness (QED) is 0.859. The van der Waals surface area contributed by atoms with E-state index in [1.165, 1.54) is 12.5 Å². The molecule has 1 aromatic heterocycles. The van der Waals surface area contributed by atoms with Crippen LogP contribution in [-0.4, -0.2) is 42.5 Å². The van der Waals surface area contributed by atoms with E-state index >= 15 is 0 Å². The van der Waals surface area contributed by atoms with Crippen LogP contribution >= 0.6 is 11.3 Å². The molecule has 0 radical (unpaired) electrons. The average Bonchev–Trinajstić information content (AvgIpc) is 3.03. The summed E-state index contributed by atoms with van der Waals surface area (Å²) >= 11 is 1.62. The lowest BCUT2D eigenvalue weighted by Gasteiger charge is -2.40. The van der Waals surface area contributed by atoms with Gasteiger partial charge in [0, 0.05) is 12.5 Å². The lowest BCUT2D eigenvalue weighted by Crippen LogP contribution is -2.56. The summed E-state index contributed by atoms with van der Waals surface area (Å²) in [4.78, 5) is 14.0. The van der Waals surface area contributed by atoms with Crippen molar-refractivity contribution < 1.29 is 18.3 Å². The molecule has 0 spiro atoms. The summed E-state index contributed by atoms with van der Waals surface area (Å²) in [6, 6.07) is 2.03. The highest BCUT2D eigenvalue weighted by Crippen LogP contribution is 2.49. The molecule has 6 heteroatoms. The van der Waals surface area contributed by atoms with Crippen LogP contribution in [-0.2, 0) is 9.53 Å². The Labute approximate surface area is 120 Å². The van der Waals surface area contributed by atoms with Crippen molar-refractivity contribution in [2.45, 2.75) is 31.3 Å². The minimum absolute atomic E-state index is 0.00336. The number of carbonyl (C=O) groups excluding carboxylic acids is 1. The molecule has 1 aliphatic carbocycles. The minimum Gasteiger partial charge on any atom is -0.366 e. The van der Waals surface area contributed by atoms with Crippen LogP contribution in [0.15, 0.2) is 16.8 Å². The first kappa shape index (κ1) is 13.9. The van der Waals surface area contributed by atoms with Gasteiger partial charge in [-0.3, -0.25) is 4.79 Å². The van der Waals surface area contributed by atoms with Crippen LogP contribution in [0.25, 0.3) is 0 Å². The third kappa shape index (κ3) is 2.46. The van der Waals surface area contributed by atoms with Crippen molar-refractivity contribution in [3.05, 3.63) is 22.4 Å². The first-order valence-corrected chi connectivity index (χ1v) is 7.68. The number of thiophene rings is 1. The molecule has 1 saturated carbocycles. The van der Waals surface area contributed by atoms with Crippen LogP contribution < -0.4 is 0 Å². The lowest BCUT2D eigenvalue weighted by molar-refractivity contribution is -0.179. The molecule has 0 bridgehead atoms. The lowest BCUT2D eigenvalue weighted by atomic mass is 10.0. The molecule has 1 saturated heterocycles. The molecule has 110 valence electrons. The average molecular weight is 301 g/mol. The first-order valence-electron chi connectivity index (χ1n) is 6.74. The van der Waals surface area contributed by atoms with Gasteiger partial charge in [0.1, 0.15) is 5.60 Å². The number of amides is 1. The molecule has 3 rings (SSSR count). The van der Waals surface area contributed by atoms with E-state index in [0.717, 1.165) is 6.42 Å². The summed E-state index contributed by atoms with van der Waals surface area (Å²) in [6.07, 6.45) is -1.75. The summed E-state index contributed by atoms with van der Waals surface area (Å²) in [5.74, 6) is 0.232. The van der Waals surface area contributed by atoms with Crippen molar-refractivity contribution in [3.63, 3.8) is 0 Å². The number of rotatable bonds is 3. The Hall–Kier alpha value is -1.01. The molecular formula is C14H17F2NO2S. The third-order valence-corrected chi connectivity index (χ3v) is 4.85.